The minimum Gasteiger partial charge on any atom is -0.468 e. The van der Waals surface area contributed by atoms with Crippen molar-refractivity contribution in [2.45, 2.75) is 45.4 Å². The second-order valence-electron chi connectivity index (χ2n) is 5.17. The lowest BCUT2D eigenvalue weighted by Crippen LogP contribution is -2.46. The molecule has 2 atom stereocenters. The molecule has 0 amide bonds. The highest BCUT2D eigenvalue weighted by Crippen LogP contribution is 2.07. The molecule has 0 aliphatic carbocycles. The molecule has 1 heterocycles. The summed E-state index contributed by atoms with van der Waals surface area (Å²) in [7, 11) is 1.44. The van der Waals surface area contributed by atoms with E-state index in [0.717, 1.165) is 32.7 Å². The highest BCUT2D eigenvalue weighted by Gasteiger charge is 2.22. The van der Waals surface area contributed by atoms with Crippen LogP contribution in [0.4, 0.5) is 0 Å². The Bertz CT molecular complexity index is 259. The minimum absolute atomic E-state index is 0.176. The minimum atomic E-state index is -0.215. The number of methoxy groups -OCH3 is 1. The van der Waals surface area contributed by atoms with Gasteiger partial charge in [-0.15, -0.1) is 0 Å². The monoisotopic (exact) mass is 258 g/mol. The van der Waals surface area contributed by atoms with Crippen molar-refractivity contribution in [1.82, 2.24) is 10.2 Å². The summed E-state index contributed by atoms with van der Waals surface area (Å²) in [6.07, 6.45) is 1.06. The molecule has 106 valence electrons. The summed E-state index contributed by atoms with van der Waals surface area (Å²) in [4.78, 5) is 14.0. The number of carbonyl (C=O) groups excluding carboxylic acids is 1. The third-order valence-corrected chi connectivity index (χ3v) is 3.08. The first kappa shape index (κ1) is 15.4. The number of ether oxygens (including phenoxy) is 2. The van der Waals surface area contributed by atoms with E-state index in [1.54, 1.807) is 0 Å². The molecule has 1 saturated heterocycles. The van der Waals surface area contributed by atoms with Gasteiger partial charge >= 0.3 is 5.97 Å². The van der Waals surface area contributed by atoms with E-state index in [9.17, 15) is 4.79 Å². The molecule has 0 aromatic heterocycles. The molecule has 1 aliphatic rings. The summed E-state index contributed by atoms with van der Waals surface area (Å²) < 4.78 is 10.3. The maximum Gasteiger partial charge on any atom is 0.322 e. The maximum atomic E-state index is 11.7. The number of esters is 1. The Morgan fingerprint density at radius 2 is 2.28 bits per heavy atom. The molecule has 0 spiro atoms. The average Bonchev–Trinajstić information content (AvgIpc) is 2.33. The van der Waals surface area contributed by atoms with Gasteiger partial charge in [0.15, 0.2) is 0 Å². The molecular formula is C13H26N2O3. The molecule has 1 aliphatic heterocycles. The maximum absolute atomic E-state index is 11.7. The van der Waals surface area contributed by atoms with Crippen LogP contribution in [-0.2, 0) is 14.3 Å². The van der Waals surface area contributed by atoms with E-state index < -0.39 is 0 Å². The van der Waals surface area contributed by atoms with Crippen LogP contribution in [0.2, 0.25) is 0 Å². The largest absolute Gasteiger partial charge is 0.468 e. The summed E-state index contributed by atoms with van der Waals surface area (Å²) >= 11 is 0. The molecule has 1 rings (SSSR count). The number of rotatable bonds is 6. The standard InChI is InChI=1S/C13H26N2O3/c1-10(2)14-12(13(16)17-4)5-6-15-7-8-18-11(3)9-15/h10-12,14H,5-9H2,1-4H3. The van der Waals surface area contributed by atoms with Gasteiger partial charge in [-0.25, -0.2) is 0 Å². The zero-order valence-corrected chi connectivity index (χ0v) is 11.9. The SMILES string of the molecule is COC(=O)C(CCN1CCOC(C)C1)NC(C)C. The number of hydrogen-bond acceptors (Lipinski definition) is 5. The van der Waals surface area contributed by atoms with Crippen molar-refractivity contribution in [1.29, 1.82) is 0 Å². The smallest absolute Gasteiger partial charge is 0.322 e. The van der Waals surface area contributed by atoms with Crippen LogP contribution in [0.1, 0.15) is 27.2 Å². The third kappa shape index (κ3) is 5.33. The van der Waals surface area contributed by atoms with Gasteiger partial charge in [-0.3, -0.25) is 9.69 Å². The number of hydrogen-bond donors (Lipinski definition) is 1. The molecule has 5 nitrogen and oxygen atoms in total. The van der Waals surface area contributed by atoms with E-state index in [1.807, 2.05) is 13.8 Å². The molecule has 2 unspecified atom stereocenters. The Balaban J connectivity index is 2.38. The summed E-state index contributed by atoms with van der Waals surface area (Å²) in [5.41, 5.74) is 0. The van der Waals surface area contributed by atoms with E-state index in [-0.39, 0.29) is 24.2 Å². The molecule has 0 radical (unpaired) electrons. The lowest BCUT2D eigenvalue weighted by atomic mass is 10.1. The summed E-state index contributed by atoms with van der Waals surface area (Å²) in [5, 5.41) is 3.25. The van der Waals surface area contributed by atoms with Gasteiger partial charge in [-0.05, 0) is 13.3 Å². The zero-order valence-electron chi connectivity index (χ0n) is 11.9. The third-order valence-electron chi connectivity index (χ3n) is 3.08. The second-order valence-corrected chi connectivity index (χ2v) is 5.17. The number of morpholine rings is 1. The molecule has 1 N–H and O–H groups in total. The van der Waals surface area contributed by atoms with Crippen LogP contribution in [0.15, 0.2) is 0 Å². The van der Waals surface area contributed by atoms with Gasteiger partial charge in [0, 0.05) is 25.7 Å². The quantitative estimate of drug-likeness (QED) is 0.708. The second kappa shape index (κ2) is 7.71. The first-order chi connectivity index (χ1) is 8.52. The van der Waals surface area contributed by atoms with Crippen molar-refractivity contribution >= 4 is 5.97 Å². The molecule has 0 bridgehead atoms. The van der Waals surface area contributed by atoms with Crippen LogP contribution in [0.3, 0.4) is 0 Å². The van der Waals surface area contributed by atoms with Gasteiger partial charge in [0.25, 0.3) is 0 Å². The van der Waals surface area contributed by atoms with Gasteiger partial charge in [0.05, 0.1) is 19.8 Å². The first-order valence-corrected chi connectivity index (χ1v) is 6.70. The van der Waals surface area contributed by atoms with Gasteiger partial charge in [0.1, 0.15) is 6.04 Å². The van der Waals surface area contributed by atoms with Crippen molar-refractivity contribution < 1.29 is 14.3 Å². The average molecular weight is 258 g/mol. The predicted molar refractivity (Wildman–Crippen MR) is 70.5 cm³/mol. The normalized spacial score (nSPS) is 23.1. The van der Waals surface area contributed by atoms with E-state index in [0.29, 0.717) is 0 Å². The Labute approximate surface area is 110 Å². The fourth-order valence-electron chi connectivity index (χ4n) is 2.22. The first-order valence-electron chi connectivity index (χ1n) is 6.70. The highest BCUT2D eigenvalue weighted by atomic mass is 16.5. The van der Waals surface area contributed by atoms with Crippen molar-refractivity contribution in [3.63, 3.8) is 0 Å². The van der Waals surface area contributed by atoms with Crippen LogP contribution < -0.4 is 5.32 Å². The number of nitrogens with one attached hydrogen (secondary N) is 1. The fourth-order valence-corrected chi connectivity index (χ4v) is 2.22. The lowest BCUT2D eigenvalue weighted by Gasteiger charge is -2.32. The Kier molecular flexibility index (Phi) is 6.60. The van der Waals surface area contributed by atoms with E-state index in [2.05, 4.69) is 17.1 Å². The topological polar surface area (TPSA) is 50.8 Å². The summed E-state index contributed by atoms with van der Waals surface area (Å²) in [6.45, 7) is 9.71. The molecule has 0 aromatic rings. The zero-order chi connectivity index (χ0) is 13.5. The molecular weight excluding hydrogens is 232 g/mol. The van der Waals surface area contributed by atoms with Crippen LogP contribution >= 0.6 is 0 Å². The Morgan fingerprint density at radius 1 is 1.56 bits per heavy atom. The fraction of sp³-hybridized carbons (Fsp3) is 0.923. The van der Waals surface area contributed by atoms with Crippen molar-refractivity contribution in [2.75, 3.05) is 33.4 Å². The van der Waals surface area contributed by atoms with Crippen LogP contribution in [0.25, 0.3) is 0 Å². The Hall–Kier alpha value is -0.650. The van der Waals surface area contributed by atoms with E-state index in [4.69, 9.17) is 9.47 Å². The summed E-state index contributed by atoms with van der Waals surface area (Å²) in [6, 6.07) is 0.0610. The van der Waals surface area contributed by atoms with Crippen molar-refractivity contribution in [2.24, 2.45) is 0 Å². The summed E-state index contributed by atoms with van der Waals surface area (Å²) in [5.74, 6) is -0.176. The van der Waals surface area contributed by atoms with E-state index in [1.165, 1.54) is 7.11 Å². The van der Waals surface area contributed by atoms with Gasteiger partial charge in [-0.1, -0.05) is 13.8 Å². The Morgan fingerprint density at radius 3 is 2.83 bits per heavy atom. The highest BCUT2D eigenvalue weighted by molar-refractivity contribution is 5.75. The van der Waals surface area contributed by atoms with Crippen molar-refractivity contribution in [3.8, 4) is 0 Å². The molecule has 0 aromatic carbocycles. The van der Waals surface area contributed by atoms with E-state index >= 15 is 0 Å². The number of nitrogens with zero attached hydrogens (tertiary/aromatic N) is 1. The molecule has 0 saturated carbocycles. The van der Waals surface area contributed by atoms with Gasteiger partial charge in [0.2, 0.25) is 0 Å². The predicted octanol–water partition coefficient (Wildman–Crippen LogP) is 0.637. The van der Waals surface area contributed by atoms with Crippen LogP contribution in [0, 0.1) is 0 Å². The van der Waals surface area contributed by atoms with Gasteiger partial charge < -0.3 is 14.8 Å². The molecule has 18 heavy (non-hydrogen) atoms. The van der Waals surface area contributed by atoms with Crippen molar-refractivity contribution in [3.05, 3.63) is 0 Å². The van der Waals surface area contributed by atoms with Crippen LogP contribution in [-0.4, -0.2) is 62.4 Å². The number of carbonyl (C=O) groups is 1. The lowest BCUT2D eigenvalue weighted by molar-refractivity contribution is -0.143. The van der Waals surface area contributed by atoms with Gasteiger partial charge in [-0.2, -0.15) is 0 Å². The molecule has 5 heteroatoms. The molecule has 1 fully saturated rings. The van der Waals surface area contributed by atoms with Crippen LogP contribution in [0.5, 0.6) is 0 Å².